The minimum Gasteiger partial charge on any atom is -1.00 e. The fraction of sp³-hybridized carbons (Fsp3) is 0.500. The van der Waals surface area contributed by atoms with E-state index in [0.717, 1.165) is 0 Å². The SMILES string of the molecule is O=C(O)CC(O)C(=O)O.O=C(O)CCC(=O)O.[H-].[Na+]. The number of rotatable bonds is 6. The van der Waals surface area contributed by atoms with Crippen molar-refractivity contribution in [3.8, 4) is 0 Å². The second kappa shape index (κ2) is 12.3. The van der Waals surface area contributed by atoms with Gasteiger partial charge in [0.15, 0.2) is 6.10 Å². The van der Waals surface area contributed by atoms with Crippen molar-refractivity contribution in [2.45, 2.75) is 25.4 Å². The maximum Gasteiger partial charge on any atom is 1.00 e. The van der Waals surface area contributed by atoms with Crippen molar-refractivity contribution in [3.05, 3.63) is 0 Å². The third-order valence-electron chi connectivity index (χ3n) is 1.21. The molecule has 0 spiro atoms. The van der Waals surface area contributed by atoms with Gasteiger partial charge in [0.05, 0.1) is 19.3 Å². The number of aliphatic hydroxyl groups is 1. The smallest absolute Gasteiger partial charge is 1.00 e. The number of carboxylic acid groups (broad SMARTS) is 4. The van der Waals surface area contributed by atoms with E-state index in [1.807, 2.05) is 0 Å². The van der Waals surface area contributed by atoms with E-state index in [9.17, 15) is 19.2 Å². The zero-order chi connectivity index (χ0) is 14.0. The molecule has 0 aromatic rings. The van der Waals surface area contributed by atoms with Crippen LogP contribution in [0.4, 0.5) is 0 Å². The number of carboxylic acids is 4. The Hall–Kier alpha value is -1.16. The number of hydrogen-bond acceptors (Lipinski definition) is 5. The summed E-state index contributed by atoms with van der Waals surface area (Å²) in [5, 5.41) is 39.9. The molecule has 100 valence electrons. The average molecular weight is 276 g/mol. The minimum atomic E-state index is -1.79. The van der Waals surface area contributed by atoms with Crippen LogP contribution in [0.1, 0.15) is 20.7 Å². The van der Waals surface area contributed by atoms with Crippen LogP contribution in [0.15, 0.2) is 0 Å². The maximum absolute atomic E-state index is 9.72. The molecule has 0 fully saturated rings. The topological polar surface area (TPSA) is 169 Å². The summed E-state index contributed by atoms with van der Waals surface area (Å²) < 4.78 is 0. The molecule has 0 aromatic carbocycles. The summed E-state index contributed by atoms with van der Waals surface area (Å²) in [6.45, 7) is 0. The molecular formula is C8H13NaO9. The Kier molecular flexibility index (Phi) is 15.1. The molecule has 18 heavy (non-hydrogen) atoms. The molecule has 0 aliphatic rings. The first kappa shape index (κ1) is 22.1. The molecule has 0 aliphatic heterocycles. The molecule has 9 nitrogen and oxygen atoms in total. The summed E-state index contributed by atoms with van der Waals surface area (Å²) in [5.41, 5.74) is 0. The zero-order valence-corrected chi connectivity index (χ0v) is 11.6. The van der Waals surface area contributed by atoms with Gasteiger partial charge >= 0.3 is 53.4 Å². The van der Waals surface area contributed by atoms with Gasteiger partial charge in [0, 0.05) is 0 Å². The number of aliphatic carboxylic acids is 4. The van der Waals surface area contributed by atoms with Gasteiger partial charge in [-0.15, -0.1) is 0 Å². The molecule has 0 heterocycles. The quantitative estimate of drug-likeness (QED) is 0.303. The van der Waals surface area contributed by atoms with Gasteiger partial charge in [-0.2, -0.15) is 0 Å². The van der Waals surface area contributed by atoms with E-state index >= 15 is 0 Å². The molecule has 0 saturated carbocycles. The number of hydrogen-bond donors (Lipinski definition) is 5. The third kappa shape index (κ3) is 20.3. The largest absolute Gasteiger partial charge is 1.00 e. The number of carbonyl (C=O) groups is 4. The Morgan fingerprint density at radius 3 is 1.28 bits per heavy atom. The fourth-order valence-electron chi connectivity index (χ4n) is 0.467. The van der Waals surface area contributed by atoms with Crippen LogP contribution < -0.4 is 29.6 Å². The summed E-state index contributed by atoms with van der Waals surface area (Å²) in [7, 11) is 0. The van der Waals surface area contributed by atoms with E-state index in [1.165, 1.54) is 0 Å². The Morgan fingerprint density at radius 2 is 1.17 bits per heavy atom. The van der Waals surface area contributed by atoms with E-state index in [-0.39, 0.29) is 43.8 Å². The molecule has 0 bridgehead atoms. The summed E-state index contributed by atoms with van der Waals surface area (Å²) in [4.78, 5) is 38.7. The van der Waals surface area contributed by atoms with E-state index in [4.69, 9.17) is 25.5 Å². The molecule has 1 unspecified atom stereocenters. The van der Waals surface area contributed by atoms with Gasteiger partial charge in [0.1, 0.15) is 0 Å². The van der Waals surface area contributed by atoms with Crippen molar-refractivity contribution in [3.63, 3.8) is 0 Å². The Balaban J connectivity index is -0.000000108. The zero-order valence-electron chi connectivity index (χ0n) is 10.6. The van der Waals surface area contributed by atoms with E-state index in [1.54, 1.807) is 0 Å². The maximum atomic E-state index is 9.72. The van der Waals surface area contributed by atoms with Crippen LogP contribution in [0.25, 0.3) is 0 Å². The molecule has 1 atom stereocenters. The van der Waals surface area contributed by atoms with Crippen LogP contribution in [-0.4, -0.2) is 55.5 Å². The van der Waals surface area contributed by atoms with Crippen molar-refractivity contribution in [2.24, 2.45) is 0 Å². The molecule has 0 aromatic heterocycles. The normalized spacial score (nSPS) is 10.1. The molecule has 0 rings (SSSR count). The van der Waals surface area contributed by atoms with Gasteiger partial charge in [-0.1, -0.05) is 0 Å². The minimum absolute atomic E-state index is 0. The van der Waals surface area contributed by atoms with Crippen LogP contribution in [0.5, 0.6) is 0 Å². The summed E-state index contributed by atoms with van der Waals surface area (Å²) in [5.74, 6) is -5.00. The predicted octanol–water partition coefficient (Wildman–Crippen LogP) is -4.04. The van der Waals surface area contributed by atoms with E-state index in [0.29, 0.717) is 0 Å². The van der Waals surface area contributed by atoms with Gasteiger partial charge in [-0.25, -0.2) is 4.79 Å². The first-order valence-electron chi connectivity index (χ1n) is 4.23. The second-order valence-corrected chi connectivity index (χ2v) is 2.74. The second-order valence-electron chi connectivity index (χ2n) is 2.74. The molecule has 10 heteroatoms. The Bertz CT molecular complexity index is 293. The first-order valence-corrected chi connectivity index (χ1v) is 4.23. The molecule has 0 radical (unpaired) electrons. The van der Waals surface area contributed by atoms with Crippen molar-refractivity contribution >= 4 is 23.9 Å². The van der Waals surface area contributed by atoms with Gasteiger partial charge < -0.3 is 27.0 Å². The third-order valence-corrected chi connectivity index (χ3v) is 1.21. The van der Waals surface area contributed by atoms with Crippen LogP contribution in [-0.2, 0) is 19.2 Å². The predicted molar refractivity (Wildman–Crippen MR) is 51.5 cm³/mol. The molecule has 0 amide bonds. The monoisotopic (exact) mass is 276 g/mol. The summed E-state index contributed by atoms with van der Waals surface area (Å²) in [6, 6.07) is 0. The van der Waals surface area contributed by atoms with E-state index < -0.39 is 36.4 Å². The van der Waals surface area contributed by atoms with Gasteiger partial charge in [-0.05, 0) is 0 Å². The van der Waals surface area contributed by atoms with E-state index in [2.05, 4.69) is 0 Å². The standard InChI is InChI=1S/C4H6O5.C4H6O4.Na.H/c5-2(4(8)9)1-3(6)7;5-3(6)1-2-4(7)8;;/h2,5H,1H2,(H,6,7)(H,8,9);1-2H2,(H,5,6)(H,7,8);;/q;;+1;-1. The Labute approximate surface area is 125 Å². The average Bonchev–Trinajstić information content (AvgIpc) is 2.14. The fourth-order valence-corrected chi connectivity index (χ4v) is 0.467. The van der Waals surface area contributed by atoms with Crippen LogP contribution in [0, 0.1) is 0 Å². The molecule has 0 aliphatic carbocycles. The van der Waals surface area contributed by atoms with Crippen molar-refractivity contribution < 1.29 is 75.7 Å². The molecule has 0 saturated heterocycles. The number of aliphatic hydroxyl groups excluding tert-OH is 1. The molecular weight excluding hydrogens is 263 g/mol. The van der Waals surface area contributed by atoms with Gasteiger partial charge in [-0.3, -0.25) is 14.4 Å². The first-order chi connectivity index (χ1) is 7.66. The van der Waals surface area contributed by atoms with Crippen molar-refractivity contribution in [2.75, 3.05) is 0 Å². The van der Waals surface area contributed by atoms with Gasteiger partial charge in [0.25, 0.3) is 0 Å². The molecule has 5 N–H and O–H groups in total. The van der Waals surface area contributed by atoms with Crippen molar-refractivity contribution in [1.82, 2.24) is 0 Å². The summed E-state index contributed by atoms with van der Waals surface area (Å²) in [6.07, 6.45) is -3.14. The van der Waals surface area contributed by atoms with Crippen LogP contribution >= 0.6 is 0 Å². The van der Waals surface area contributed by atoms with Gasteiger partial charge in [0.2, 0.25) is 0 Å². The Morgan fingerprint density at radius 1 is 0.833 bits per heavy atom. The van der Waals surface area contributed by atoms with Crippen LogP contribution in [0.3, 0.4) is 0 Å². The van der Waals surface area contributed by atoms with Crippen molar-refractivity contribution in [1.29, 1.82) is 0 Å². The summed E-state index contributed by atoms with van der Waals surface area (Å²) >= 11 is 0. The van der Waals surface area contributed by atoms with Crippen LogP contribution in [0.2, 0.25) is 0 Å².